The highest BCUT2D eigenvalue weighted by Crippen LogP contribution is 2.41. The normalized spacial score (nSPS) is 24.0. The molecule has 0 amide bonds. The van der Waals surface area contributed by atoms with Gasteiger partial charge < -0.3 is 4.74 Å². The second-order valence-electron chi connectivity index (χ2n) is 7.60. The van der Waals surface area contributed by atoms with E-state index in [9.17, 15) is 18.0 Å². The largest absolute Gasteiger partial charge is 0.468 e. The molecule has 1 heterocycles. The Balaban J connectivity index is 2.19. The van der Waals surface area contributed by atoms with E-state index in [2.05, 4.69) is 21.2 Å². The number of sulfone groups is 1. The van der Waals surface area contributed by atoms with Crippen LogP contribution in [-0.4, -0.2) is 38.6 Å². The lowest BCUT2D eigenvalue weighted by Gasteiger charge is -2.25. The van der Waals surface area contributed by atoms with Crippen molar-refractivity contribution in [2.45, 2.75) is 36.1 Å². The number of carbonyl (C=O) groups excluding carboxylic acids is 2. The number of benzene rings is 2. The molecule has 6 nitrogen and oxygen atoms in total. The van der Waals surface area contributed by atoms with Gasteiger partial charge in [0, 0.05) is 16.4 Å². The monoisotopic (exact) mass is 493 g/mol. The van der Waals surface area contributed by atoms with Gasteiger partial charge in [-0.15, -0.1) is 0 Å². The number of halogens is 1. The van der Waals surface area contributed by atoms with Crippen molar-refractivity contribution in [2.24, 2.45) is 11.8 Å². The first-order valence-corrected chi connectivity index (χ1v) is 11.9. The molecule has 2 aromatic carbocycles. The predicted molar refractivity (Wildman–Crippen MR) is 117 cm³/mol. The summed E-state index contributed by atoms with van der Waals surface area (Å²) in [7, 11) is -2.80. The highest BCUT2D eigenvalue weighted by Gasteiger charge is 2.56. The Kier molecular flexibility index (Phi) is 6.79. The number of ether oxygens (including phenoxy) is 1. The number of Topliss-reactive ketones (excluding diaryl/α,β-unsaturated/α-hetero) is 1. The number of hydrogen-bond donors (Lipinski definition) is 1. The Morgan fingerprint density at radius 3 is 2.17 bits per heavy atom. The number of nitrogens with one attached hydrogen (secondary N) is 1. The second kappa shape index (κ2) is 8.99. The lowest BCUT2D eigenvalue weighted by molar-refractivity contribution is -0.142. The Morgan fingerprint density at radius 1 is 1.03 bits per heavy atom. The molecule has 0 aromatic heterocycles. The van der Waals surface area contributed by atoms with Crippen molar-refractivity contribution in [3.63, 3.8) is 0 Å². The highest BCUT2D eigenvalue weighted by molar-refractivity contribution is 9.10. The fraction of sp³-hybridized carbons (Fsp3) is 0.364. The fourth-order valence-corrected chi connectivity index (χ4v) is 6.28. The minimum absolute atomic E-state index is 0.0729. The van der Waals surface area contributed by atoms with E-state index in [4.69, 9.17) is 4.74 Å². The molecular weight excluding hydrogens is 470 g/mol. The summed E-state index contributed by atoms with van der Waals surface area (Å²) in [5.74, 6) is -2.27. The highest BCUT2D eigenvalue weighted by atomic mass is 79.9. The summed E-state index contributed by atoms with van der Waals surface area (Å²) in [6.45, 7) is 3.47. The minimum Gasteiger partial charge on any atom is -0.468 e. The van der Waals surface area contributed by atoms with Crippen molar-refractivity contribution in [1.82, 2.24) is 5.32 Å². The summed E-state index contributed by atoms with van der Waals surface area (Å²) in [5.41, 5.74) is 0.733. The van der Waals surface area contributed by atoms with Crippen LogP contribution in [0.25, 0.3) is 0 Å². The van der Waals surface area contributed by atoms with Crippen LogP contribution in [0.1, 0.15) is 25.5 Å². The molecule has 30 heavy (non-hydrogen) atoms. The lowest BCUT2D eigenvalue weighted by Crippen LogP contribution is -2.46. The number of hydrogen-bond acceptors (Lipinski definition) is 6. The lowest BCUT2D eigenvalue weighted by atomic mass is 9.85. The van der Waals surface area contributed by atoms with Crippen LogP contribution in [0.3, 0.4) is 0 Å². The van der Waals surface area contributed by atoms with Crippen LogP contribution in [0.4, 0.5) is 0 Å². The fourth-order valence-electron chi connectivity index (χ4n) is 3.94. The third kappa shape index (κ3) is 4.22. The Hall–Kier alpha value is -2.03. The summed E-state index contributed by atoms with van der Waals surface area (Å²) >= 11 is 3.38. The summed E-state index contributed by atoms with van der Waals surface area (Å²) < 4.78 is 33.0. The maximum absolute atomic E-state index is 13.6. The first-order chi connectivity index (χ1) is 14.2. The Bertz CT molecular complexity index is 1020. The Morgan fingerprint density at radius 2 is 1.63 bits per heavy atom. The molecule has 3 rings (SSSR count). The molecule has 1 N–H and O–H groups in total. The van der Waals surface area contributed by atoms with Crippen LogP contribution in [0.5, 0.6) is 0 Å². The molecule has 160 valence electrons. The smallest absolute Gasteiger partial charge is 0.324 e. The molecule has 0 saturated carbocycles. The Labute approximate surface area is 185 Å². The zero-order valence-electron chi connectivity index (χ0n) is 16.9. The van der Waals surface area contributed by atoms with Crippen molar-refractivity contribution in [2.75, 3.05) is 7.11 Å². The van der Waals surface area contributed by atoms with E-state index in [1.807, 2.05) is 24.3 Å². The molecule has 1 saturated heterocycles. The van der Waals surface area contributed by atoms with E-state index in [0.29, 0.717) is 0 Å². The van der Waals surface area contributed by atoms with Crippen molar-refractivity contribution in [3.8, 4) is 0 Å². The maximum Gasteiger partial charge on any atom is 0.324 e. The molecule has 0 bridgehead atoms. The van der Waals surface area contributed by atoms with E-state index < -0.39 is 45.0 Å². The van der Waals surface area contributed by atoms with Crippen LogP contribution in [0.15, 0.2) is 64.0 Å². The van der Waals surface area contributed by atoms with Gasteiger partial charge in [-0.25, -0.2) is 8.42 Å². The summed E-state index contributed by atoms with van der Waals surface area (Å²) in [6, 6.07) is 13.4. The molecule has 1 aliphatic heterocycles. The molecule has 0 spiro atoms. The topological polar surface area (TPSA) is 89.5 Å². The molecule has 0 aliphatic carbocycles. The van der Waals surface area contributed by atoms with Gasteiger partial charge in [0.2, 0.25) is 0 Å². The maximum atomic E-state index is 13.6. The van der Waals surface area contributed by atoms with Crippen LogP contribution in [0, 0.1) is 11.8 Å². The summed E-state index contributed by atoms with van der Waals surface area (Å²) in [4.78, 5) is 26.0. The van der Waals surface area contributed by atoms with E-state index in [0.717, 1.165) is 10.0 Å². The minimum atomic E-state index is -4.01. The van der Waals surface area contributed by atoms with Crippen molar-refractivity contribution in [3.05, 3.63) is 64.6 Å². The zero-order chi connectivity index (χ0) is 22.1. The molecule has 8 heteroatoms. The molecule has 4 atom stereocenters. The first-order valence-electron chi connectivity index (χ1n) is 9.60. The van der Waals surface area contributed by atoms with E-state index in [1.54, 1.807) is 32.0 Å². The number of carbonyl (C=O) groups is 2. The molecule has 0 unspecified atom stereocenters. The first kappa shape index (κ1) is 22.7. The summed E-state index contributed by atoms with van der Waals surface area (Å²) in [6.07, 6.45) is 0. The predicted octanol–water partition coefficient (Wildman–Crippen LogP) is 3.32. The third-order valence-corrected chi connectivity index (χ3v) is 8.15. The van der Waals surface area contributed by atoms with Gasteiger partial charge >= 0.3 is 5.97 Å². The van der Waals surface area contributed by atoms with Gasteiger partial charge in [-0.2, -0.15) is 0 Å². The van der Waals surface area contributed by atoms with Crippen molar-refractivity contribution >= 4 is 37.5 Å². The summed E-state index contributed by atoms with van der Waals surface area (Å²) in [5, 5.41) is 1.82. The average molecular weight is 494 g/mol. The number of ketones is 1. The van der Waals surface area contributed by atoms with Crippen LogP contribution in [0.2, 0.25) is 0 Å². The van der Waals surface area contributed by atoms with Gasteiger partial charge in [-0.1, -0.05) is 60.1 Å². The quantitative estimate of drug-likeness (QED) is 0.620. The molecule has 1 fully saturated rings. The van der Waals surface area contributed by atoms with Gasteiger partial charge in [-0.05, 0) is 29.8 Å². The van der Waals surface area contributed by atoms with Gasteiger partial charge in [0.25, 0.3) is 0 Å². The molecule has 1 aliphatic rings. The second-order valence-corrected chi connectivity index (χ2v) is 10.6. The number of methoxy groups -OCH3 is 1. The van der Waals surface area contributed by atoms with Gasteiger partial charge in [-0.3, -0.25) is 14.9 Å². The molecular formula is C22H24BrNO5S. The van der Waals surface area contributed by atoms with Crippen LogP contribution >= 0.6 is 15.9 Å². The van der Waals surface area contributed by atoms with E-state index in [-0.39, 0.29) is 10.7 Å². The average Bonchev–Trinajstić information content (AvgIpc) is 3.15. The number of esters is 1. The van der Waals surface area contributed by atoms with Gasteiger partial charge in [0.05, 0.1) is 17.9 Å². The van der Waals surface area contributed by atoms with Crippen molar-refractivity contribution < 1.29 is 22.7 Å². The third-order valence-electron chi connectivity index (χ3n) is 5.41. The standard InChI is InChI=1S/C22H24BrNO5S/c1-13(2)20(25)17-18(14-9-11-15(23)12-10-14)24-19(22(26)29-3)21(17)30(27,28)16-7-5-4-6-8-16/h4-13,17-19,21,24H,1-3H3/t17-,18-,19-,21-/m1/s1. The van der Waals surface area contributed by atoms with Crippen LogP contribution < -0.4 is 5.32 Å². The zero-order valence-corrected chi connectivity index (χ0v) is 19.3. The van der Waals surface area contributed by atoms with Crippen molar-refractivity contribution in [1.29, 1.82) is 0 Å². The number of rotatable bonds is 6. The van der Waals surface area contributed by atoms with Crippen LogP contribution in [-0.2, 0) is 24.2 Å². The van der Waals surface area contributed by atoms with Gasteiger partial charge in [0.1, 0.15) is 17.1 Å². The molecule has 2 aromatic rings. The van der Waals surface area contributed by atoms with Gasteiger partial charge in [0.15, 0.2) is 9.84 Å². The van der Waals surface area contributed by atoms with E-state index in [1.165, 1.54) is 19.2 Å². The van der Waals surface area contributed by atoms with E-state index >= 15 is 0 Å². The molecule has 0 radical (unpaired) electrons. The SMILES string of the molecule is COC(=O)[C@@H]1N[C@H](c2ccc(Br)cc2)[C@H](C(=O)C(C)C)[C@H]1S(=O)(=O)c1ccccc1.